The number of hydrogen-bond donors (Lipinski definition) is 1. The first-order valence-corrected chi connectivity index (χ1v) is 5.44. The second-order valence-electron chi connectivity index (χ2n) is 4.02. The number of nitrogen functional groups attached to an aromatic ring is 1. The summed E-state index contributed by atoms with van der Waals surface area (Å²) < 4.78 is 13.7. The first-order chi connectivity index (χ1) is 8.11. The van der Waals surface area contributed by atoms with Crippen molar-refractivity contribution in [3.8, 4) is 0 Å². The van der Waals surface area contributed by atoms with Gasteiger partial charge in [-0.1, -0.05) is 24.3 Å². The molecule has 0 aliphatic heterocycles. The summed E-state index contributed by atoms with van der Waals surface area (Å²) in [5, 5.41) is 0. The van der Waals surface area contributed by atoms with Gasteiger partial charge in [-0.15, -0.1) is 0 Å². The quantitative estimate of drug-likeness (QED) is 0.800. The second kappa shape index (κ2) is 4.45. The molecule has 0 aliphatic rings. The van der Waals surface area contributed by atoms with Gasteiger partial charge >= 0.3 is 0 Å². The van der Waals surface area contributed by atoms with E-state index in [9.17, 15) is 4.39 Å². The summed E-state index contributed by atoms with van der Waals surface area (Å²) in [5.41, 5.74) is 9.01. The predicted octanol–water partition coefficient (Wildman–Crippen LogP) is 3.48. The van der Waals surface area contributed by atoms with Gasteiger partial charge in [-0.25, -0.2) is 4.39 Å². The Bertz CT molecular complexity index is 537. The van der Waals surface area contributed by atoms with E-state index in [1.54, 1.807) is 23.1 Å². The zero-order chi connectivity index (χ0) is 12.4. The molecule has 17 heavy (non-hydrogen) atoms. The van der Waals surface area contributed by atoms with Crippen LogP contribution in [0.1, 0.15) is 5.56 Å². The van der Waals surface area contributed by atoms with Gasteiger partial charge in [0.2, 0.25) is 0 Å². The number of para-hydroxylation sites is 2. The van der Waals surface area contributed by atoms with Crippen molar-refractivity contribution in [1.29, 1.82) is 0 Å². The molecular weight excluding hydrogens is 215 g/mol. The van der Waals surface area contributed by atoms with E-state index in [1.807, 2.05) is 32.2 Å². The standard InChI is InChI=1S/C14H15FN2/c1-10-6-5-9-13(14(10)16)17(2)12-8-4-3-7-11(12)15/h3-9H,16H2,1-2H3. The third-order valence-electron chi connectivity index (χ3n) is 2.88. The highest BCUT2D eigenvalue weighted by Gasteiger charge is 2.11. The van der Waals surface area contributed by atoms with Gasteiger partial charge in [0.05, 0.1) is 17.1 Å². The largest absolute Gasteiger partial charge is 0.397 e. The van der Waals surface area contributed by atoms with Crippen molar-refractivity contribution in [2.45, 2.75) is 6.92 Å². The zero-order valence-electron chi connectivity index (χ0n) is 9.94. The summed E-state index contributed by atoms with van der Waals surface area (Å²) in [7, 11) is 1.81. The summed E-state index contributed by atoms with van der Waals surface area (Å²) in [4.78, 5) is 1.76. The maximum Gasteiger partial charge on any atom is 0.146 e. The van der Waals surface area contributed by atoms with Gasteiger partial charge in [-0.2, -0.15) is 0 Å². The summed E-state index contributed by atoms with van der Waals surface area (Å²) in [6.45, 7) is 1.94. The molecule has 0 fully saturated rings. The SMILES string of the molecule is Cc1cccc(N(C)c2ccccc2F)c1N. The van der Waals surface area contributed by atoms with Crippen molar-refractivity contribution in [2.24, 2.45) is 0 Å². The van der Waals surface area contributed by atoms with Crippen LogP contribution in [-0.2, 0) is 0 Å². The number of nitrogens with zero attached hydrogens (tertiary/aromatic N) is 1. The molecule has 0 unspecified atom stereocenters. The Morgan fingerprint density at radius 2 is 1.65 bits per heavy atom. The van der Waals surface area contributed by atoms with Crippen LogP contribution in [0, 0.1) is 12.7 Å². The van der Waals surface area contributed by atoms with Crippen LogP contribution in [0.5, 0.6) is 0 Å². The number of hydrogen-bond acceptors (Lipinski definition) is 2. The molecule has 2 rings (SSSR count). The minimum atomic E-state index is -0.254. The van der Waals surface area contributed by atoms with E-state index in [1.165, 1.54) is 6.07 Å². The molecule has 2 aromatic carbocycles. The number of anilines is 3. The number of benzene rings is 2. The van der Waals surface area contributed by atoms with E-state index in [4.69, 9.17) is 5.73 Å². The first-order valence-electron chi connectivity index (χ1n) is 5.44. The molecular formula is C14H15FN2. The van der Waals surface area contributed by atoms with E-state index in [-0.39, 0.29) is 5.82 Å². The third-order valence-corrected chi connectivity index (χ3v) is 2.88. The van der Waals surface area contributed by atoms with E-state index in [2.05, 4.69) is 0 Å². The number of halogens is 1. The van der Waals surface area contributed by atoms with Gasteiger partial charge in [0.25, 0.3) is 0 Å². The molecule has 0 spiro atoms. The molecule has 0 aliphatic carbocycles. The maximum atomic E-state index is 13.7. The lowest BCUT2D eigenvalue weighted by Crippen LogP contribution is -2.13. The van der Waals surface area contributed by atoms with Crippen LogP contribution >= 0.6 is 0 Å². The molecule has 0 saturated heterocycles. The third kappa shape index (κ3) is 2.09. The lowest BCUT2D eigenvalue weighted by Gasteiger charge is -2.22. The normalized spacial score (nSPS) is 10.3. The molecule has 0 aromatic heterocycles. The van der Waals surface area contributed by atoms with Crippen LogP contribution < -0.4 is 10.6 Å². The minimum absolute atomic E-state index is 0.254. The average molecular weight is 230 g/mol. The topological polar surface area (TPSA) is 29.3 Å². The van der Waals surface area contributed by atoms with Crippen molar-refractivity contribution in [3.05, 3.63) is 53.8 Å². The van der Waals surface area contributed by atoms with Crippen molar-refractivity contribution >= 4 is 17.1 Å². The van der Waals surface area contributed by atoms with E-state index in [0.29, 0.717) is 11.4 Å². The fourth-order valence-corrected chi connectivity index (χ4v) is 1.81. The summed E-state index contributed by atoms with van der Waals surface area (Å²) in [6.07, 6.45) is 0. The Balaban J connectivity index is 2.48. The molecule has 0 amide bonds. The number of aryl methyl sites for hydroxylation is 1. The van der Waals surface area contributed by atoms with Gasteiger partial charge in [-0.3, -0.25) is 0 Å². The minimum Gasteiger partial charge on any atom is -0.397 e. The molecule has 0 radical (unpaired) electrons. The number of nitrogens with two attached hydrogens (primary N) is 1. The fourth-order valence-electron chi connectivity index (χ4n) is 1.81. The molecule has 2 N–H and O–H groups in total. The van der Waals surface area contributed by atoms with Gasteiger partial charge in [0, 0.05) is 7.05 Å². The first kappa shape index (κ1) is 11.5. The lowest BCUT2D eigenvalue weighted by molar-refractivity contribution is 0.627. The van der Waals surface area contributed by atoms with Crippen LogP contribution in [0.4, 0.5) is 21.5 Å². The summed E-state index contributed by atoms with van der Waals surface area (Å²) in [5.74, 6) is -0.254. The van der Waals surface area contributed by atoms with Crippen LogP contribution in [0.3, 0.4) is 0 Å². The highest BCUT2D eigenvalue weighted by atomic mass is 19.1. The summed E-state index contributed by atoms with van der Waals surface area (Å²) in [6, 6.07) is 12.4. The van der Waals surface area contributed by atoms with Crippen molar-refractivity contribution < 1.29 is 4.39 Å². The molecule has 2 aromatic rings. The van der Waals surface area contributed by atoms with E-state index < -0.39 is 0 Å². The number of rotatable bonds is 2. The monoisotopic (exact) mass is 230 g/mol. The van der Waals surface area contributed by atoms with Gasteiger partial charge < -0.3 is 10.6 Å². The molecule has 0 bridgehead atoms. The zero-order valence-corrected chi connectivity index (χ0v) is 9.94. The molecule has 3 heteroatoms. The predicted molar refractivity (Wildman–Crippen MR) is 70.1 cm³/mol. The van der Waals surface area contributed by atoms with E-state index >= 15 is 0 Å². The highest BCUT2D eigenvalue weighted by Crippen LogP contribution is 2.31. The Morgan fingerprint density at radius 3 is 2.35 bits per heavy atom. The van der Waals surface area contributed by atoms with Gasteiger partial charge in [-0.05, 0) is 30.7 Å². The Morgan fingerprint density at radius 1 is 1.00 bits per heavy atom. The summed E-state index contributed by atoms with van der Waals surface area (Å²) >= 11 is 0. The van der Waals surface area contributed by atoms with Crippen molar-refractivity contribution in [1.82, 2.24) is 0 Å². The fraction of sp³-hybridized carbons (Fsp3) is 0.143. The highest BCUT2D eigenvalue weighted by molar-refractivity contribution is 5.76. The van der Waals surface area contributed by atoms with Crippen LogP contribution in [0.15, 0.2) is 42.5 Å². The Hall–Kier alpha value is -2.03. The smallest absolute Gasteiger partial charge is 0.146 e. The molecule has 88 valence electrons. The van der Waals surface area contributed by atoms with Crippen molar-refractivity contribution in [3.63, 3.8) is 0 Å². The van der Waals surface area contributed by atoms with Gasteiger partial charge in [0.15, 0.2) is 0 Å². The van der Waals surface area contributed by atoms with Crippen molar-refractivity contribution in [2.75, 3.05) is 17.7 Å². The molecule has 0 saturated carbocycles. The van der Waals surface area contributed by atoms with Crippen LogP contribution in [0.25, 0.3) is 0 Å². The van der Waals surface area contributed by atoms with Gasteiger partial charge in [0.1, 0.15) is 5.82 Å². The maximum absolute atomic E-state index is 13.7. The second-order valence-corrected chi connectivity index (χ2v) is 4.02. The van der Waals surface area contributed by atoms with Crippen LogP contribution in [-0.4, -0.2) is 7.05 Å². The average Bonchev–Trinajstić information content (AvgIpc) is 2.32. The molecule has 2 nitrogen and oxygen atoms in total. The molecule has 0 atom stereocenters. The van der Waals surface area contributed by atoms with Crippen LogP contribution in [0.2, 0.25) is 0 Å². The molecule has 0 heterocycles. The lowest BCUT2D eigenvalue weighted by atomic mass is 10.1. The van der Waals surface area contributed by atoms with E-state index in [0.717, 1.165) is 11.3 Å². The Kier molecular flexibility index (Phi) is 3.00. The Labute approximate surface area is 100 Å².